The van der Waals surface area contributed by atoms with Crippen molar-refractivity contribution in [1.82, 2.24) is 0 Å². The molecule has 0 N–H and O–H groups in total. The molecule has 104 valence electrons. The summed E-state index contributed by atoms with van der Waals surface area (Å²) in [6, 6.07) is 13.0. The maximum Gasteiger partial charge on any atom is 0.194 e. The lowest BCUT2D eigenvalue weighted by atomic mass is 9.95. The molecule has 0 saturated carbocycles. The molecule has 21 heavy (non-hydrogen) atoms. The molecule has 3 rings (SSSR count). The number of rotatable bonds is 4. The van der Waals surface area contributed by atoms with Crippen LogP contribution in [-0.4, -0.2) is 12.9 Å². The number of hydrogen-bond donors (Lipinski definition) is 0. The molecule has 2 heterocycles. The molecule has 1 atom stereocenters. The highest BCUT2D eigenvalue weighted by molar-refractivity contribution is 7.27. The number of nitriles is 1. The second-order valence-corrected chi connectivity index (χ2v) is 6.49. The van der Waals surface area contributed by atoms with Crippen LogP contribution >= 0.6 is 22.7 Å². The Labute approximate surface area is 130 Å². The van der Waals surface area contributed by atoms with Gasteiger partial charge in [0.25, 0.3) is 0 Å². The Kier molecular flexibility index (Phi) is 3.74. The van der Waals surface area contributed by atoms with Gasteiger partial charge in [0, 0.05) is 9.40 Å². The number of carbonyl (C=O) groups excluding carboxylic acids is 1. The SMILES string of the molecule is COc1ccc(C(C#N)C(=O)c2cc3sccc3s2)cc1. The van der Waals surface area contributed by atoms with Gasteiger partial charge >= 0.3 is 0 Å². The minimum absolute atomic E-state index is 0.143. The first-order chi connectivity index (χ1) is 10.2. The molecule has 2 aromatic heterocycles. The van der Waals surface area contributed by atoms with E-state index in [4.69, 9.17) is 4.74 Å². The molecule has 1 aromatic carbocycles. The minimum atomic E-state index is -0.774. The molecule has 0 aliphatic rings. The quantitative estimate of drug-likeness (QED) is 0.668. The average Bonchev–Trinajstić information content (AvgIpc) is 3.10. The van der Waals surface area contributed by atoms with Crippen LogP contribution in [0.25, 0.3) is 9.40 Å². The van der Waals surface area contributed by atoms with Crippen LogP contribution in [0.4, 0.5) is 0 Å². The van der Waals surface area contributed by atoms with Gasteiger partial charge in [-0.2, -0.15) is 5.26 Å². The third-order valence-corrected chi connectivity index (χ3v) is 5.33. The fraction of sp³-hybridized carbons (Fsp3) is 0.125. The molecule has 0 aliphatic heterocycles. The number of nitrogens with zero attached hydrogens (tertiary/aromatic N) is 1. The van der Waals surface area contributed by atoms with Crippen LogP contribution < -0.4 is 4.74 Å². The lowest BCUT2D eigenvalue weighted by Gasteiger charge is -2.08. The van der Waals surface area contributed by atoms with Crippen molar-refractivity contribution in [2.75, 3.05) is 7.11 Å². The van der Waals surface area contributed by atoms with Crippen molar-refractivity contribution in [3.63, 3.8) is 0 Å². The van der Waals surface area contributed by atoms with Gasteiger partial charge in [0.15, 0.2) is 5.78 Å². The van der Waals surface area contributed by atoms with Gasteiger partial charge in [-0.15, -0.1) is 22.7 Å². The van der Waals surface area contributed by atoms with Crippen LogP contribution in [0.3, 0.4) is 0 Å². The molecular formula is C16H11NO2S2. The third kappa shape index (κ3) is 2.56. The average molecular weight is 313 g/mol. The monoisotopic (exact) mass is 313 g/mol. The molecule has 0 spiro atoms. The summed E-state index contributed by atoms with van der Waals surface area (Å²) in [7, 11) is 1.58. The Morgan fingerprint density at radius 2 is 2.00 bits per heavy atom. The van der Waals surface area contributed by atoms with E-state index >= 15 is 0 Å². The van der Waals surface area contributed by atoms with E-state index < -0.39 is 5.92 Å². The largest absolute Gasteiger partial charge is 0.497 e. The van der Waals surface area contributed by atoms with Gasteiger partial charge in [-0.3, -0.25) is 4.79 Å². The second kappa shape index (κ2) is 5.68. The van der Waals surface area contributed by atoms with E-state index in [1.165, 1.54) is 11.3 Å². The Morgan fingerprint density at radius 1 is 1.24 bits per heavy atom. The van der Waals surface area contributed by atoms with Gasteiger partial charge in [-0.1, -0.05) is 12.1 Å². The highest BCUT2D eigenvalue weighted by Crippen LogP contribution is 2.33. The van der Waals surface area contributed by atoms with E-state index in [0.717, 1.165) is 9.40 Å². The predicted octanol–water partition coefficient (Wildman–Crippen LogP) is 4.46. The molecular weight excluding hydrogens is 302 g/mol. The molecule has 0 saturated heterocycles. The van der Waals surface area contributed by atoms with Crippen molar-refractivity contribution in [2.45, 2.75) is 5.92 Å². The van der Waals surface area contributed by atoms with Crippen LogP contribution in [0, 0.1) is 11.3 Å². The molecule has 3 aromatic rings. The first-order valence-electron chi connectivity index (χ1n) is 6.27. The number of thiophene rings is 2. The second-order valence-electron chi connectivity index (χ2n) is 4.46. The van der Waals surface area contributed by atoms with Crippen molar-refractivity contribution >= 4 is 37.9 Å². The minimum Gasteiger partial charge on any atom is -0.497 e. The molecule has 5 heteroatoms. The summed E-state index contributed by atoms with van der Waals surface area (Å²) in [4.78, 5) is 13.2. The fourth-order valence-corrected chi connectivity index (χ4v) is 4.19. The van der Waals surface area contributed by atoms with Crippen LogP contribution in [-0.2, 0) is 0 Å². The topological polar surface area (TPSA) is 50.1 Å². The smallest absolute Gasteiger partial charge is 0.194 e. The van der Waals surface area contributed by atoms with E-state index in [2.05, 4.69) is 6.07 Å². The zero-order chi connectivity index (χ0) is 14.8. The number of hydrogen-bond acceptors (Lipinski definition) is 5. The summed E-state index contributed by atoms with van der Waals surface area (Å²) in [5.41, 5.74) is 0.694. The maximum absolute atomic E-state index is 12.6. The van der Waals surface area contributed by atoms with E-state index in [1.807, 2.05) is 17.5 Å². The lowest BCUT2D eigenvalue weighted by Crippen LogP contribution is -2.09. The van der Waals surface area contributed by atoms with Crippen molar-refractivity contribution in [3.05, 3.63) is 52.2 Å². The van der Waals surface area contributed by atoms with Crippen molar-refractivity contribution < 1.29 is 9.53 Å². The van der Waals surface area contributed by atoms with Gasteiger partial charge in [0.2, 0.25) is 0 Å². The van der Waals surface area contributed by atoms with Gasteiger partial charge in [-0.05, 0) is 35.2 Å². The van der Waals surface area contributed by atoms with Gasteiger partial charge in [-0.25, -0.2) is 0 Å². The van der Waals surface area contributed by atoms with Crippen LogP contribution in [0.2, 0.25) is 0 Å². The highest BCUT2D eigenvalue weighted by atomic mass is 32.1. The first-order valence-corrected chi connectivity index (χ1v) is 7.97. The summed E-state index contributed by atoms with van der Waals surface area (Å²) in [5, 5.41) is 11.4. The molecule has 0 radical (unpaired) electrons. The van der Waals surface area contributed by atoms with Crippen molar-refractivity contribution in [3.8, 4) is 11.8 Å². The summed E-state index contributed by atoms with van der Waals surface area (Å²) < 4.78 is 7.28. The zero-order valence-corrected chi connectivity index (χ0v) is 12.8. The number of ketones is 1. The van der Waals surface area contributed by atoms with Crippen LogP contribution in [0.5, 0.6) is 5.75 Å². The van der Waals surface area contributed by atoms with E-state index in [0.29, 0.717) is 16.2 Å². The third-order valence-electron chi connectivity index (χ3n) is 3.22. The number of ether oxygens (including phenoxy) is 1. The van der Waals surface area contributed by atoms with Crippen LogP contribution in [0.15, 0.2) is 41.8 Å². The molecule has 0 bridgehead atoms. The summed E-state index contributed by atoms with van der Waals surface area (Å²) in [6.07, 6.45) is 0. The number of carbonyl (C=O) groups is 1. The lowest BCUT2D eigenvalue weighted by molar-refractivity contribution is 0.0983. The Hall–Kier alpha value is -2.16. The molecule has 0 amide bonds. The highest BCUT2D eigenvalue weighted by Gasteiger charge is 2.23. The standard InChI is InChI=1S/C16H11NO2S2/c1-19-11-4-2-10(3-5-11)12(9-17)16(18)15-8-14-13(21-15)6-7-20-14/h2-8,12H,1H3. The number of benzene rings is 1. The zero-order valence-electron chi connectivity index (χ0n) is 11.2. The van der Waals surface area contributed by atoms with Gasteiger partial charge < -0.3 is 4.74 Å². The number of fused-ring (bicyclic) bond motifs is 1. The van der Waals surface area contributed by atoms with Gasteiger partial charge in [0.1, 0.15) is 11.7 Å². The normalized spacial score (nSPS) is 12.0. The van der Waals surface area contributed by atoms with Crippen molar-refractivity contribution in [1.29, 1.82) is 5.26 Å². The van der Waals surface area contributed by atoms with E-state index in [-0.39, 0.29) is 5.78 Å². The Balaban J connectivity index is 1.93. The van der Waals surface area contributed by atoms with E-state index in [1.54, 1.807) is 42.7 Å². The first kappa shape index (κ1) is 13.8. The van der Waals surface area contributed by atoms with Gasteiger partial charge in [0.05, 0.1) is 18.1 Å². The Bertz CT molecular complexity index is 795. The fourth-order valence-electron chi connectivity index (χ4n) is 2.11. The molecule has 0 aliphatic carbocycles. The van der Waals surface area contributed by atoms with Crippen LogP contribution in [0.1, 0.15) is 21.2 Å². The molecule has 0 fully saturated rings. The maximum atomic E-state index is 12.6. The Morgan fingerprint density at radius 3 is 2.62 bits per heavy atom. The van der Waals surface area contributed by atoms with Crippen molar-refractivity contribution in [2.24, 2.45) is 0 Å². The number of Topliss-reactive ketones (excluding diaryl/α,β-unsaturated/α-hetero) is 1. The summed E-state index contributed by atoms with van der Waals surface area (Å²) >= 11 is 3.05. The summed E-state index contributed by atoms with van der Waals surface area (Å²) in [5.74, 6) is -0.209. The predicted molar refractivity (Wildman–Crippen MR) is 85.4 cm³/mol. The number of methoxy groups -OCH3 is 1. The molecule has 1 unspecified atom stereocenters. The summed E-state index contributed by atoms with van der Waals surface area (Å²) in [6.45, 7) is 0. The van der Waals surface area contributed by atoms with E-state index in [9.17, 15) is 10.1 Å². The molecule has 3 nitrogen and oxygen atoms in total.